The van der Waals surface area contributed by atoms with Crippen LogP contribution in [0.5, 0.6) is 0 Å². The van der Waals surface area contributed by atoms with Crippen LogP contribution < -0.4 is 0 Å². The monoisotopic (exact) mass is 332 g/mol. The van der Waals surface area contributed by atoms with Crippen LogP contribution in [0.3, 0.4) is 0 Å². The number of hydrogen-bond donors (Lipinski definition) is 0. The van der Waals surface area contributed by atoms with Crippen molar-refractivity contribution in [1.29, 1.82) is 0 Å². The van der Waals surface area contributed by atoms with E-state index in [2.05, 4.69) is 23.1 Å². The molecule has 1 aromatic rings. The third-order valence-electron chi connectivity index (χ3n) is 4.56. The van der Waals surface area contributed by atoms with Crippen LogP contribution in [0.25, 0.3) is 0 Å². The number of morpholine rings is 1. The van der Waals surface area contributed by atoms with Crippen LogP contribution in [-0.4, -0.2) is 60.4 Å². The Labute approximate surface area is 144 Å². The van der Waals surface area contributed by atoms with Crippen molar-refractivity contribution in [2.45, 2.75) is 45.4 Å². The highest BCUT2D eigenvalue weighted by Gasteiger charge is 2.33. The minimum Gasteiger partial charge on any atom is -0.444 e. The normalized spacial score (nSPS) is 22.1. The van der Waals surface area contributed by atoms with Gasteiger partial charge < -0.3 is 9.47 Å². The van der Waals surface area contributed by atoms with E-state index in [0.717, 1.165) is 39.3 Å². The van der Waals surface area contributed by atoms with Gasteiger partial charge in [-0.15, -0.1) is 0 Å². The minimum atomic E-state index is -0.475. The number of fused-ring (bicyclic) bond motifs is 1. The molecule has 0 saturated carbocycles. The van der Waals surface area contributed by atoms with Crippen molar-refractivity contribution in [2.24, 2.45) is 0 Å². The highest BCUT2D eigenvalue weighted by Crippen LogP contribution is 2.26. The van der Waals surface area contributed by atoms with Gasteiger partial charge in [-0.3, -0.25) is 9.80 Å². The maximum atomic E-state index is 12.7. The molecule has 1 aromatic carbocycles. The van der Waals surface area contributed by atoms with E-state index in [-0.39, 0.29) is 12.1 Å². The van der Waals surface area contributed by atoms with E-state index in [9.17, 15) is 4.79 Å². The van der Waals surface area contributed by atoms with Gasteiger partial charge in [0.1, 0.15) is 5.60 Å². The first-order chi connectivity index (χ1) is 11.4. The van der Waals surface area contributed by atoms with Crippen molar-refractivity contribution < 1.29 is 14.3 Å². The van der Waals surface area contributed by atoms with Gasteiger partial charge in [0.2, 0.25) is 0 Å². The Bertz CT molecular complexity index is 576. The lowest BCUT2D eigenvalue weighted by Crippen LogP contribution is -2.52. The predicted octanol–water partition coefficient (Wildman–Crippen LogP) is 2.68. The van der Waals surface area contributed by atoms with Gasteiger partial charge >= 0.3 is 6.09 Å². The van der Waals surface area contributed by atoms with Crippen LogP contribution in [0, 0.1) is 0 Å². The summed E-state index contributed by atoms with van der Waals surface area (Å²) in [5, 5.41) is 0. The van der Waals surface area contributed by atoms with Crippen molar-refractivity contribution in [2.75, 3.05) is 32.8 Å². The van der Waals surface area contributed by atoms with Crippen LogP contribution in [0.4, 0.5) is 4.79 Å². The summed E-state index contributed by atoms with van der Waals surface area (Å²) in [6.07, 6.45) is 0.669. The van der Waals surface area contributed by atoms with Gasteiger partial charge in [-0.05, 0) is 38.3 Å². The average Bonchev–Trinajstić information content (AvgIpc) is 2.53. The molecule has 2 aliphatic rings. The smallest absolute Gasteiger partial charge is 0.410 e. The molecule has 1 amide bonds. The zero-order chi connectivity index (χ0) is 17.2. The number of carbonyl (C=O) groups excluding carboxylic acids is 1. The van der Waals surface area contributed by atoms with Crippen molar-refractivity contribution in [3.05, 3.63) is 35.4 Å². The number of carbonyl (C=O) groups is 1. The van der Waals surface area contributed by atoms with Crippen LogP contribution in [0.2, 0.25) is 0 Å². The fourth-order valence-electron chi connectivity index (χ4n) is 3.37. The lowest BCUT2D eigenvalue weighted by Gasteiger charge is -2.40. The van der Waals surface area contributed by atoms with E-state index in [1.807, 2.05) is 31.7 Å². The van der Waals surface area contributed by atoms with E-state index in [0.29, 0.717) is 6.54 Å². The summed E-state index contributed by atoms with van der Waals surface area (Å²) in [5.41, 5.74) is 2.09. The predicted molar refractivity (Wildman–Crippen MR) is 93.0 cm³/mol. The fraction of sp³-hybridized carbons (Fsp3) is 0.632. The average molecular weight is 332 g/mol. The molecular weight excluding hydrogens is 304 g/mol. The van der Waals surface area contributed by atoms with Crippen LogP contribution >= 0.6 is 0 Å². The molecule has 1 unspecified atom stereocenters. The Kier molecular flexibility index (Phi) is 5.11. The molecule has 3 rings (SSSR count). The number of rotatable bonds is 2. The molecular formula is C19H28N2O3. The zero-order valence-electron chi connectivity index (χ0n) is 15.0. The molecule has 2 aliphatic heterocycles. The lowest BCUT2D eigenvalue weighted by atomic mass is 9.94. The minimum absolute atomic E-state index is 0.146. The van der Waals surface area contributed by atoms with Gasteiger partial charge in [-0.1, -0.05) is 24.3 Å². The number of nitrogens with zero attached hydrogens (tertiary/aromatic N) is 2. The highest BCUT2D eigenvalue weighted by molar-refractivity contribution is 5.69. The maximum absolute atomic E-state index is 12.7. The number of benzene rings is 1. The van der Waals surface area contributed by atoms with Gasteiger partial charge in [-0.2, -0.15) is 0 Å². The van der Waals surface area contributed by atoms with Crippen LogP contribution in [0.1, 0.15) is 31.9 Å². The van der Waals surface area contributed by atoms with Gasteiger partial charge in [0.25, 0.3) is 0 Å². The zero-order valence-corrected chi connectivity index (χ0v) is 15.0. The van der Waals surface area contributed by atoms with Crippen molar-refractivity contribution in [3.8, 4) is 0 Å². The summed E-state index contributed by atoms with van der Waals surface area (Å²) >= 11 is 0. The van der Waals surface area contributed by atoms with Crippen LogP contribution in [-0.2, 0) is 22.4 Å². The van der Waals surface area contributed by atoms with Gasteiger partial charge in [0.05, 0.1) is 19.3 Å². The molecule has 0 spiro atoms. The number of ether oxygens (including phenoxy) is 2. The first kappa shape index (κ1) is 17.2. The van der Waals surface area contributed by atoms with Crippen LogP contribution in [0.15, 0.2) is 24.3 Å². The van der Waals surface area contributed by atoms with E-state index in [1.165, 1.54) is 11.1 Å². The third-order valence-corrected chi connectivity index (χ3v) is 4.56. The summed E-state index contributed by atoms with van der Waals surface area (Å²) in [6, 6.07) is 8.54. The highest BCUT2D eigenvalue weighted by atomic mass is 16.6. The molecule has 1 saturated heterocycles. The summed E-state index contributed by atoms with van der Waals surface area (Å²) in [4.78, 5) is 17.0. The Morgan fingerprint density at radius 1 is 1.21 bits per heavy atom. The van der Waals surface area contributed by atoms with Gasteiger partial charge in [0, 0.05) is 26.2 Å². The van der Waals surface area contributed by atoms with E-state index < -0.39 is 5.60 Å². The number of hydrogen-bond acceptors (Lipinski definition) is 4. The van der Waals surface area contributed by atoms with Gasteiger partial charge in [0.15, 0.2) is 0 Å². The van der Waals surface area contributed by atoms with Crippen molar-refractivity contribution >= 4 is 6.09 Å². The Morgan fingerprint density at radius 2 is 1.88 bits per heavy atom. The molecule has 0 radical (unpaired) electrons. The molecule has 5 heteroatoms. The lowest BCUT2D eigenvalue weighted by molar-refractivity contribution is -0.00391. The maximum Gasteiger partial charge on any atom is 0.410 e. The molecule has 2 heterocycles. The van der Waals surface area contributed by atoms with Crippen molar-refractivity contribution in [1.82, 2.24) is 9.80 Å². The Balaban J connectivity index is 1.77. The molecule has 5 nitrogen and oxygen atoms in total. The van der Waals surface area contributed by atoms with E-state index in [4.69, 9.17) is 9.47 Å². The molecule has 0 aliphatic carbocycles. The largest absolute Gasteiger partial charge is 0.444 e. The summed E-state index contributed by atoms with van der Waals surface area (Å²) in [5.74, 6) is 0. The second-order valence-corrected chi connectivity index (χ2v) is 7.65. The van der Waals surface area contributed by atoms with E-state index in [1.54, 1.807) is 0 Å². The first-order valence-corrected chi connectivity index (χ1v) is 8.79. The Morgan fingerprint density at radius 3 is 2.54 bits per heavy atom. The quantitative estimate of drug-likeness (QED) is 0.835. The number of amides is 1. The topological polar surface area (TPSA) is 42.0 Å². The van der Waals surface area contributed by atoms with Gasteiger partial charge in [-0.25, -0.2) is 4.79 Å². The molecule has 132 valence electrons. The molecule has 0 aromatic heterocycles. The van der Waals surface area contributed by atoms with E-state index >= 15 is 0 Å². The first-order valence-electron chi connectivity index (χ1n) is 8.79. The summed E-state index contributed by atoms with van der Waals surface area (Å²) < 4.78 is 11.1. The molecule has 24 heavy (non-hydrogen) atoms. The molecule has 0 bridgehead atoms. The summed E-state index contributed by atoms with van der Waals surface area (Å²) in [7, 11) is 0. The molecule has 1 fully saturated rings. The third kappa shape index (κ3) is 4.28. The van der Waals surface area contributed by atoms with Crippen molar-refractivity contribution in [3.63, 3.8) is 0 Å². The summed E-state index contributed by atoms with van der Waals surface area (Å²) in [6.45, 7) is 10.7. The fourth-order valence-corrected chi connectivity index (χ4v) is 3.37. The second-order valence-electron chi connectivity index (χ2n) is 7.65. The standard InChI is InChI=1S/C19H28N2O3/c1-19(2,3)24-18(22)21-13-16-7-5-4-6-15(16)12-17(21)14-20-8-10-23-11-9-20/h4-7,17H,8-14H2,1-3H3. The SMILES string of the molecule is CC(C)(C)OC(=O)N1Cc2ccccc2CC1CN1CCOCC1. The second kappa shape index (κ2) is 7.11. The Hall–Kier alpha value is -1.59. The molecule has 1 atom stereocenters. The molecule has 0 N–H and O–H groups in total.